The molecule has 6 nitrogen and oxygen atoms in total. The maximum absolute atomic E-state index is 12.2. The van der Waals surface area contributed by atoms with Gasteiger partial charge in [0.25, 0.3) is 5.91 Å². The van der Waals surface area contributed by atoms with Gasteiger partial charge >= 0.3 is 5.97 Å². The standard InChI is InChI=1S/C20H23NO5S/c1-3-4-14-5-7-15(8-6-14)16-9-11-17(12-10-16)19(22)21-18(20(23)24)13-27(2,25)26/h5-12,18H,3-4,13H2,1-2H3,(H,21,22)(H,23,24). The molecule has 2 aromatic rings. The Labute approximate surface area is 159 Å². The molecule has 144 valence electrons. The van der Waals surface area contributed by atoms with Crippen LogP contribution in [0.1, 0.15) is 29.3 Å². The number of carboxylic acid groups (broad SMARTS) is 1. The highest BCUT2D eigenvalue weighted by Crippen LogP contribution is 2.21. The minimum Gasteiger partial charge on any atom is -0.480 e. The molecule has 0 aliphatic heterocycles. The van der Waals surface area contributed by atoms with Crippen molar-refractivity contribution in [2.45, 2.75) is 25.8 Å². The van der Waals surface area contributed by atoms with Crippen LogP contribution in [0.4, 0.5) is 0 Å². The second-order valence-electron chi connectivity index (χ2n) is 6.48. The maximum atomic E-state index is 12.2. The predicted octanol–water partition coefficient (Wildman–Crippen LogP) is 2.53. The molecule has 0 radical (unpaired) electrons. The largest absolute Gasteiger partial charge is 0.480 e. The van der Waals surface area contributed by atoms with Crippen LogP contribution in [0.2, 0.25) is 0 Å². The average Bonchev–Trinajstić information content (AvgIpc) is 2.61. The molecule has 0 heterocycles. The SMILES string of the molecule is CCCc1ccc(-c2ccc(C(=O)NC(CS(C)(=O)=O)C(=O)O)cc2)cc1. The first-order chi connectivity index (χ1) is 12.7. The number of amides is 1. The lowest BCUT2D eigenvalue weighted by Gasteiger charge is -2.13. The third-order valence-corrected chi connectivity index (χ3v) is 4.98. The highest BCUT2D eigenvalue weighted by atomic mass is 32.2. The maximum Gasteiger partial charge on any atom is 0.327 e. The Morgan fingerprint density at radius 3 is 1.96 bits per heavy atom. The fourth-order valence-electron chi connectivity index (χ4n) is 2.69. The number of nitrogens with one attached hydrogen (secondary N) is 1. The van der Waals surface area contributed by atoms with E-state index in [4.69, 9.17) is 5.11 Å². The quantitative estimate of drug-likeness (QED) is 0.723. The Hall–Kier alpha value is -2.67. The summed E-state index contributed by atoms with van der Waals surface area (Å²) in [5, 5.41) is 11.4. The summed E-state index contributed by atoms with van der Waals surface area (Å²) in [6, 6.07) is 13.4. The van der Waals surface area contributed by atoms with Crippen molar-refractivity contribution in [2.24, 2.45) is 0 Å². The molecule has 0 fully saturated rings. The van der Waals surface area contributed by atoms with Crippen molar-refractivity contribution in [1.82, 2.24) is 5.32 Å². The van der Waals surface area contributed by atoms with E-state index in [0.29, 0.717) is 0 Å². The van der Waals surface area contributed by atoms with Crippen LogP contribution in [-0.2, 0) is 21.1 Å². The zero-order valence-corrected chi connectivity index (χ0v) is 16.1. The van der Waals surface area contributed by atoms with Crippen LogP contribution in [-0.4, -0.2) is 43.5 Å². The highest BCUT2D eigenvalue weighted by molar-refractivity contribution is 7.90. The van der Waals surface area contributed by atoms with Crippen LogP contribution < -0.4 is 5.32 Å². The molecule has 0 aliphatic carbocycles. The molecule has 0 saturated heterocycles. The molecule has 1 unspecified atom stereocenters. The summed E-state index contributed by atoms with van der Waals surface area (Å²) >= 11 is 0. The smallest absolute Gasteiger partial charge is 0.327 e. The van der Waals surface area contributed by atoms with Crippen molar-refractivity contribution in [2.75, 3.05) is 12.0 Å². The van der Waals surface area contributed by atoms with Gasteiger partial charge < -0.3 is 10.4 Å². The number of rotatable bonds is 8. The Bertz CT molecular complexity index is 902. The van der Waals surface area contributed by atoms with Crippen molar-refractivity contribution < 1.29 is 23.1 Å². The lowest BCUT2D eigenvalue weighted by Crippen LogP contribution is -2.45. The molecule has 1 atom stereocenters. The lowest BCUT2D eigenvalue weighted by atomic mass is 10.0. The first-order valence-electron chi connectivity index (χ1n) is 8.60. The van der Waals surface area contributed by atoms with Gasteiger partial charge in [-0.05, 0) is 35.2 Å². The number of aryl methyl sites for hydroxylation is 1. The van der Waals surface area contributed by atoms with Crippen LogP contribution in [0.15, 0.2) is 48.5 Å². The molecule has 0 saturated carbocycles. The Morgan fingerprint density at radius 2 is 1.52 bits per heavy atom. The van der Waals surface area contributed by atoms with E-state index >= 15 is 0 Å². The molecule has 0 bridgehead atoms. The van der Waals surface area contributed by atoms with Gasteiger partial charge in [0.05, 0.1) is 5.75 Å². The predicted molar refractivity (Wildman–Crippen MR) is 104 cm³/mol. The summed E-state index contributed by atoms with van der Waals surface area (Å²) in [5.74, 6) is -2.68. The number of carbonyl (C=O) groups is 2. The summed E-state index contributed by atoms with van der Waals surface area (Å²) in [5.41, 5.74) is 3.48. The molecule has 2 aromatic carbocycles. The van der Waals surface area contributed by atoms with Gasteiger partial charge in [0, 0.05) is 11.8 Å². The van der Waals surface area contributed by atoms with E-state index in [1.54, 1.807) is 24.3 Å². The number of benzene rings is 2. The molecular formula is C20H23NO5S. The number of hydrogen-bond donors (Lipinski definition) is 2. The van der Waals surface area contributed by atoms with Gasteiger partial charge in [0.15, 0.2) is 0 Å². The van der Waals surface area contributed by atoms with E-state index in [9.17, 15) is 18.0 Å². The molecule has 0 aromatic heterocycles. The van der Waals surface area contributed by atoms with Crippen LogP contribution in [0, 0.1) is 0 Å². The van der Waals surface area contributed by atoms with Gasteiger partial charge in [-0.1, -0.05) is 49.7 Å². The molecule has 2 N–H and O–H groups in total. The highest BCUT2D eigenvalue weighted by Gasteiger charge is 2.24. The number of aliphatic carboxylic acids is 1. The third kappa shape index (κ3) is 6.21. The fourth-order valence-corrected chi connectivity index (χ4v) is 3.52. The number of hydrogen-bond acceptors (Lipinski definition) is 4. The molecule has 27 heavy (non-hydrogen) atoms. The van der Waals surface area contributed by atoms with Crippen molar-refractivity contribution in [1.29, 1.82) is 0 Å². The minimum atomic E-state index is -3.54. The van der Waals surface area contributed by atoms with E-state index in [1.165, 1.54) is 5.56 Å². The third-order valence-electron chi connectivity index (χ3n) is 4.05. The van der Waals surface area contributed by atoms with Gasteiger partial charge in [-0.2, -0.15) is 0 Å². The second-order valence-corrected chi connectivity index (χ2v) is 8.67. The van der Waals surface area contributed by atoms with Crippen LogP contribution in [0.25, 0.3) is 11.1 Å². The summed E-state index contributed by atoms with van der Waals surface area (Å²) in [6.45, 7) is 2.13. The average molecular weight is 389 g/mol. The van der Waals surface area contributed by atoms with E-state index < -0.39 is 33.5 Å². The van der Waals surface area contributed by atoms with Crippen molar-refractivity contribution in [3.05, 3.63) is 59.7 Å². The molecule has 2 rings (SSSR count). The van der Waals surface area contributed by atoms with Gasteiger partial charge in [0.1, 0.15) is 15.9 Å². The fraction of sp³-hybridized carbons (Fsp3) is 0.300. The summed E-state index contributed by atoms with van der Waals surface area (Å²) < 4.78 is 22.6. The summed E-state index contributed by atoms with van der Waals surface area (Å²) in [4.78, 5) is 23.4. The number of carboxylic acids is 1. The molecule has 0 spiro atoms. The van der Waals surface area contributed by atoms with E-state index in [2.05, 4.69) is 24.4 Å². The molecule has 1 amide bonds. The zero-order valence-electron chi connectivity index (χ0n) is 15.3. The Kier molecular flexibility index (Phi) is 6.74. The van der Waals surface area contributed by atoms with Crippen molar-refractivity contribution in [3.63, 3.8) is 0 Å². The van der Waals surface area contributed by atoms with Crippen molar-refractivity contribution in [3.8, 4) is 11.1 Å². The minimum absolute atomic E-state index is 0.265. The first-order valence-corrected chi connectivity index (χ1v) is 10.7. The van der Waals surface area contributed by atoms with E-state index in [0.717, 1.165) is 30.2 Å². The number of carbonyl (C=O) groups excluding carboxylic acids is 1. The van der Waals surface area contributed by atoms with Crippen LogP contribution >= 0.6 is 0 Å². The van der Waals surface area contributed by atoms with Crippen LogP contribution in [0.3, 0.4) is 0 Å². The number of sulfone groups is 1. The van der Waals surface area contributed by atoms with Crippen LogP contribution in [0.5, 0.6) is 0 Å². The zero-order chi connectivity index (χ0) is 20.0. The van der Waals surface area contributed by atoms with Gasteiger partial charge in [0.2, 0.25) is 0 Å². The molecule has 7 heteroatoms. The summed E-state index contributed by atoms with van der Waals surface area (Å²) in [6.07, 6.45) is 3.03. The molecular weight excluding hydrogens is 366 g/mol. The summed E-state index contributed by atoms with van der Waals surface area (Å²) in [7, 11) is -3.54. The van der Waals surface area contributed by atoms with Gasteiger partial charge in [-0.25, -0.2) is 13.2 Å². The van der Waals surface area contributed by atoms with Gasteiger partial charge in [-0.15, -0.1) is 0 Å². The normalized spacial score (nSPS) is 12.4. The van der Waals surface area contributed by atoms with E-state index in [-0.39, 0.29) is 5.56 Å². The van der Waals surface area contributed by atoms with Crippen molar-refractivity contribution >= 4 is 21.7 Å². The topological polar surface area (TPSA) is 101 Å². The second kappa shape index (κ2) is 8.81. The first kappa shape index (κ1) is 20.6. The Morgan fingerprint density at radius 1 is 1.00 bits per heavy atom. The van der Waals surface area contributed by atoms with E-state index in [1.807, 2.05) is 12.1 Å². The molecule has 0 aliphatic rings. The van der Waals surface area contributed by atoms with Gasteiger partial charge in [-0.3, -0.25) is 4.79 Å². The lowest BCUT2D eigenvalue weighted by molar-refractivity contribution is -0.138. The Balaban J connectivity index is 2.11. The monoisotopic (exact) mass is 389 g/mol.